The first-order valence-electron chi connectivity index (χ1n) is 11.8. The lowest BCUT2D eigenvalue weighted by atomic mass is 9.89. The Bertz CT molecular complexity index is 2290. The van der Waals surface area contributed by atoms with Gasteiger partial charge in [-0.1, -0.05) is 17.2 Å². The van der Waals surface area contributed by atoms with Crippen molar-refractivity contribution in [3.8, 4) is 0 Å². The van der Waals surface area contributed by atoms with Crippen molar-refractivity contribution in [1.29, 1.82) is 0 Å². The molecule has 1 unspecified atom stereocenters. The normalized spacial score (nSPS) is 16.3. The average molecular weight is 575 g/mol. The topological polar surface area (TPSA) is 160 Å². The molecular weight excluding hydrogens is 560 g/mol. The van der Waals surface area contributed by atoms with E-state index in [4.69, 9.17) is 10.2 Å². The lowest BCUT2D eigenvalue weighted by Crippen LogP contribution is -2.38. The predicted octanol–water partition coefficient (Wildman–Crippen LogP) is 4.35. The Morgan fingerprint density at radius 3 is 2.60 bits per heavy atom. The Labute approximate surface area is 227 Å². The summed E-state index contributed by atoms with van der Waals surface area (Å²) in [6.45, 7) is 0. The first kappa shape index (κ1) is 23.6. The zero-order valence-electron chi connectivity index (χ0n) is 19.9. The largest absolute Gasteiger partial charge is 0.359 e. The van der Waals surface area contributed by atoms with Crippen LogP contribution >= 0.6 is 12.0 Å². The first-order valence-corrected chi connectivity index (χ1v) is 14.0. The third-order valence-corrected chi connectivity index (χ3v) is 8.90. The van der Waals surface area contributed by atoms with Crippen LogP contribution in [0.25, 0.3) is 38.2 Å². The predicted molar refractivity (Wildman–Crippen MR) is 145 cm³/mol. The van der Waals surface area contributed by atoms with Crippen molar-refractivity contribution in [2.45, 2.75) is 16.0 Å². The SMILES string of the molecule is O=C1c2ccc3c(=O)n4c5ccc(SOOO)cc5nc4c4ccc(c2c34)C2Nc3cc(S(=O)(=O)O)ccc3N12. The number of benzene rings is 4. The second-order valence-corrected chi connectivity index (χ2v) is 11.6. The number of anilines is 2. The number of imidazole rings is 1. The molecule has 4 aromatic carbocycles. The summed E-state index contributed by atoms with van der Waals surface area (Å²) in [4.78, 5) is 34.2. The maximum atomic E-state index is 13.8. The summed E-state index contributed by atoms with van der Waals surface area (Å²) in [7, 11) is -4.44. The molecule has 198 valence electrons. The fourth-order valence-electron chi connectivity index (χ4n) is 5.89. The summed E-state index contributed by atoms with van der Waals surface area (Å²) in [6, 6.07) is 16.1. The van der Waals surface area contributed by atoms with Crippen molar-refractivity contribution in [2.75, 3.05) is 10.2 Å². The Morgan fingerprint density at radius 2 is 1.80 bits per heavy atom. The summed E-state index contributed by atoms with van der Waals surface area (Å²) in [6.07, 6.45) is -0.653. The third-order valence-electron chi connectivity index (χ3n) is 7.47. The summed E-state index contributed by atoms with van der Waals surface area (Å²) < 4.78 is 39.0. The molecule has 0 aliphatic carbocycles. The molecule has 4 heterocycles. The molecule has 0 fully saturated rings. The van der Waals surface area contributed by atoms with Crippen LogP contribution in [0.1, 0.15) is 22.1 Å². The van der Waals surface area contributed by atoms with E-state index in [1.54, 1.807) is 35.2 Å². The van der Waals surface area contributed by atoms with E-state index in [1.807, 2.05) is 12.1 Å². The molecule has 14 heteroatoms. The number of nitrogens with one attached hydrogen (secondary N) is 1. The van der Waals surface area contributed by atoms with Gasteiger partial charge < -0.3 is 5.32 Å². The van der Waals surface area contributed by atoms with Crippen LogP contribution in [0.4, 0.5) is 11.4 Å². The van der Waals surface area contributed by atoms with Gasteiger partial charge in [-0.3, -0.25) is 23.4 Å². The number of amides is 1. The summed E-state index contributed by atoms with van der Waals surface area (Å²) in [5, 5.41) is 17.7. The molecule has 1 atom stereocenters. The number of aromatic nitrogens is 2. The number of pyridine rings is 1. The maximum Gasteiger partial charge on any atom is 0.294 e. The van der Waals surface area contributed by atoms with Crippen molar-refractivity contribution in [3.63, 3.8) is 0 Å². The molecule has 12 nitrogen and oxygen atoms in total. The Kier molecular flexibility index (Phi) is 4.64. The van der Waals surface area contributed by atoms with Gasteiger partial charge in [0.1, 0.15) is 11.8 Å². The zero-order chi connectivity index (χ0) is 27.5. The molecule has 0 spiro atoms. The maximum absolute atomic E-state index is 13.8. The molecule has 1 amide bonds. The monoisotopic (exact) mass is 574 g/mol. The Balaban J connectivity index is 1.38. The lowest BCUT2D eigenvalue weighted by Gasteiger charge is -2.32. The van der Waals surface area contributed by atoms with Crippen LogP contribution in [0.5, 0.6) is 0 Å². The zero-order valence-corrected chi connectivity index (χ0v) is 21.5. The number of carbonyl (C=O) groups excluding carboxylic acids is 1. The van der Waals surface area contributed by atoms with Gasteiger partial charge in [0.25, 0.3) is 21.6 Å². The van der Waals surface area contributed by atoms with E-state index in [9.17, 15) is 22.6 Å². The highest BCUT2D eigenvalue weighted by Gasteiger charge is 2.41. The van der Waals surface area contributed by atoms with Crippen LogP contribution in [-0.4, -0.2) is 33.5 Å². The molecule has 2 aromatic heterocycles. The van der Waals surface area contributed by atoms with Gasteiger partial charge in [-0.2, -0.15) is 8.42 Å². The van der Waals surface area contributed by atoms with Gasteiger partial charge in [0.15, 0.2) is 0 Å². The van der Waals surface area contributed by atoms with Gasteiger partial charge in [-0.05, 0) is 48.5 Å². The molecule has 0 bridgehead atoms. The quantitative estimate of drug-likeness (QED) is 0.119. The van der Waals surface area contributed by atoms with E-state index < -0.39 is 16.3 Å². The summed E-state index contributed by atoms with van der Waals surface area (Å²) in [5.74, 6) is -0.314. The number of nitrogens with zero attached hydrogens (tertiary/aromatic N) is 3. The molecule has 3 N–H and O–H groups in total. The van der Waals surface area contributed by atoms with E-state index in [0.717, 1.165) is 17.6 Å². The minimum Gasteiger partial charge on any atom is -0.359 e. The molecule has 0 radical (unpaired) electrons. The molecule has 6 aromatic rings. The van der Waals surface area contributed by atoms with Crippen molar-refractivity contribution in [2.24, 2.45) is 0 Å². The Morgan fingerprint density at radius 1 is 0.975 bits per heavy atom. The smallest absolute Gasteiger partial charge is 0.294 e. The van der Waals surface area contributed by atoms with Gasteiger partial charge in [0.2, 0.25) is 0 Å². The molecule has 0 saturated heterocycles. The van der Waals surface area contributed by atoms with Crippen LogP contribution in [0.3, 0.4) is 0 Å². The van der Waals surface area contributed by atoms with E-state index in [-0.39, 0.29) is 16.4 Å². The van der Waals surface area contributed by atoms with Crippen molar-refractivity contribution >= 4 is 77.7 Å². The fourth-order valence-corrected chi connectivity index (χ4v) is 6.79. The minimum absolute atomic E-state index is 0.290. The highest BCUT2D eigenvalue weighted by molar-refractivity contribution is 7.94. The molecule has 8 rings (SSSR count). The van der Waals surface area contributed by atoms with E-state index in [1.165, 1.54) is 22.6 Å². The summed E-state index contributed by atoms with van der Waals surface area (Å²) >= 11 is 0.782. The second-order valence-electron chi connectivity index (χ2n) is 9.44. The molecular formula is C26H14N4O8S2. The highest BCUT2D eigenvalue weighted by atomic mass is 32.2. The molecule has 2 aliphatic heterocycles. The van der Waals surface area contributed by atoms with Gasteiger partial charge >= 0.3 is 0 Å². The second kappa shape index (κ2) is 7.88. The number of rotatable bonds is 4. The van der Waals surface area contributed by atoms with Crippen LogP contribution in [0.15, 0.2) is 75.2 Å². The minimum atomic E-state index is -4.44. The van der Waals surface area contributed by atoms with Crippen LogP contribution in [0, 0.1) is 0 Å². The number of hydrogen-bond acceptors (Lipinski definition) is 10. The molecule has 2 aliphatic rings. The van der Waals surface area contributed by atoms with E-state index in [0.29, 0.717) is 60.1 Å². The average Bonchev–Trinajstić information content (AvgIpc) is 3.52. The van der Waals surface area contributed by atoms with Crippen molar-refractivity contribution < 1.29 is 32.4 Å². The van der Waals surface area contributed by atoms with Crippen molar-refractivity contribution in [3.05, 3.63) is 82.1 Å². The van der Waals surface area contributed by atoms with Crippen molar-refractivity contribution in [1.82, 2.24) is 9.38 Å². The van der Waals surface area contributed by atoms with Crippen LogP contribution in [-0.2, 0) is 19.5 Å². The van der Waals surface area contributed by atoms with Crippen LogP contribution in [0.2, 0.25) is 0 Å². The van der Waals surface area contributed by atoms with E-state index >= 15 is 0 Å². The van der Waals surface area contributed by atoms with Gasteiger partial charge in [0.05, 0.1) is 39.3 Å². The lowest BCUT2D eigenvalue weighted by molar-refractivity contribution is -0.432. The summed E-state index contributed by atoms with van der Waals surface area (Å²) in [5.41, 5.74) is 3.23. The number of fused-ring (bicyclic) bond motifs is 8. The molecule has 0 saturated carbocycles. The van der Waals surface area contributed by atoms with E-state index in [2.05, 4.69) is 14.7 Å². The number of carbonyl (C=O) groups is 1. The molecule has 40 heavy (non-hydrogen) atoms. The number of hydrogen-bond donors (Lipinski definition) is 3. The van der Waals surface area contributed by atoms with Gasteiger partial charge in [-0.25, -0.2) is 10.2 Å². The Hall–Kier alpha value is -4.31. The van der Waals surface area contributed by atoms with Gasteiger partial charge in [0, 0.05) is 37.6 Å². The van der Waals surface area contributed by atoms with Crippen LogP contribution < -0.4 is 15.8 Å². The standard InChI is InChI=1S/C26H14N4O8S2/c31-25-15-5-6-16-22-14(24-28-18-10-12(40(34,35)36)2-8-20(18)30(24)26(16)32)4-3-13(21(15)22)23-27-17-9-11(39-38-37-33)1-7-19(17)29(23)25/h1-10,24,28,33H,(H,34,35,36). The van der Waals surface area contributed by atoms with Gasteiger partial charge in [-0.15, -0.1) is 4.33 Å². The first-order chi connectivity index (χ1) is 19.3. The fraction of sp³-hybridized carbons (Fsp3) is 0.0385. The highest BCUT2D eigenvalue weighted by Crippen LogP contribution is 2.49. The third kappa shape index (κ3) is 2.99.